The van der Waals surface area contributed by atoms with Crippen LogP contribution in [0.25, 0.3) is 0 Å². The highest BCUT2D eigenvalue weighted by atomic mass is 32.1. The summed E-state index contributed by atoms with van der Waals surface area (Å²) in [7, 11) is 0. The van der Waals surface area contributed by atoms with Crippen molar-refractivity contribution in [2.75, 3.05) is 0 Å². The second-order valence-corrected chi connectivity index (χ2v) is 6.53. The monoisotopic (exact) mass is 365 g/mol. The van der Waals surface area contributed by atoms with Crippen LogP contribution in [0.1, 0.15) is 32.0 Å². The Labute approximate surface area is 146 Å². The van der Waals surface area contributed by atoms with E-state index in [2.05, 4.69) is 15.3 Å². The molecule has 0 bridgehead atoms. The van der Waals surface area contributed by atoms with Crippen molar-refractivity contribution in [3.8, 4) is 11.5 Å². The normalized spacial score (nSPS) is 11.8. The van der Waals surface area contributed by atoms with Crippen LogP contribution in [0.5, 0.6) is 11.5 Å². The molecule has 0 aliphatic carbocycles. The van der Waals surface area contributed by atoms with Gasteiger partial charge in [0.1, 0.15) is 11.4 Å². The van der Waals surface area contributed by atoms with Gasteiger partial charge in [-0.05, 0) is 12.2 Å². The summed E-state index contributed by atoms with van der Waals surface area (Å²) in [5.41, 5.74) is -1.60. The topological polar surface area (TPSA) is 147 Å². The van der Waals surface area contributed by atoms with E-state index in [1.165, 1.54) is 0 Å². The van der Waals surface area contributed by atoms with Gasteiger partial charge in [-0.15, -0.1) is 0 Å². The van der Waals surface area contributed by atoms with E-state index in [0.717, 1.165) is 23.0 Å². The van der Waals surface area contributed by atoms with Crippen molar-refractivity contribution in [1.82, 2.24) is 14.9 Å². The molecule has 0 aliphatic rings. The summed E-state index contributed by atoms with van der Waals surface area (Å²) in [6.45, 7) is 5.37. The molecule has 0 unspecified atom stereocenters. The van der Waals surface area contributed by atoms with Crippen LogP contribution in [0, 0.1) is 14.9 Å². The highest BCUT2D eigenvalue weighted by Gasteiger charge is 2.22. The smallest absolute Gasteiger partial charge is 0.311 e. The molecule has 10 nitrogen and oxygen atoms in total. The van der Waals surface area contributed by atoms with E-state index in [1.807, 2.05) is 0 Å². The lowest BCUT2D eigenvalue weighted by atomic mass is 9.93. The molecular formula is C14H15N5O5S. The van der Waals surface area contributed by atoms with Crippen LogP contribution >= 0.6 is 12.2 Å². The van der Waals surface area contributed by atoms with E-state index in [9.17, 15) is 25.1 Å². The van der Waals surface area contributed by atoms with E-state index in [4.69, 9.17) is 12.2 Å². The van der Waals surface area contributed by atoms with Crippen molar-refractivity contribution in [3.05, 3.63) is 48.6 Å². The van der Waals surface area contributed by atoms with Gasteiger partial charge in [0.15, 0.2) is 5.75 Å². The SMILES string of the molecule is CC(C)(C)c1n[nH]c(=S)n(/N=C\c2cc([N+](=O)[O-])c(O)cc2O)c1=O. The van der Waals surface area contributed by atoms with E-state index < -0.39 is 33.1 Å². The van der Waals surface area contributed by atoms with Gasteiger partial charge in [-0.3, -0.25) is 20.0 Å². The van der Waals surface area contributed by atoms with E-state index in [-0.39, 0.29) is 16.0 Å². The Morgan fingerprint density at radius 3 is 2.56 bits per heavy atom. The van der Waals surface area contributed by atoms with Gasteiger partial charge in [-0.25, -0.2) is 0 Å². The number of H-pyrrole nitrogens is 1. The number of nitro benzene ring substituents is 1. The Morgan fingerprint density at radius 2 is 2.00 bits per heavy atom. The van der Waals surface area contributed by atoms with Gasteiger partial charge in [-0.1, -0.05) is 20.8 Å². The maximum absolute atomic E-state index is 12.5. The standard InChI is InChI=1S/C14H15N5O5S/c1-14(2,3)11-12(22)18(13(25)17-16-11)15-6-7-4-8(19(23)24)10(21)5-9(7)20/h4-6,20-21H,1-3H3,(H,17,25)/b15-6-. The van der Waals surface area contributed by atoms with Crippen molar-refractivity contribution in [2.45, 2.75) is 26.2 Å². The molecule has 0 spiro atoms. The molecule has 0 fully saturated rings. The van der Waals surface area contributed by atoms with Gasteiger partial charge >= 0.3 is 5.69 Å². The zero-order valence-corrected chi connectivity index (χ0v) is 14.4. The van der Waals surface area contributed by atoms with Crippen LogP contribution in [0.2, 0.25) is 0 Å². The zero-order chi connectivity index (χ0) is 18.9. The minimum Gasteiger partial charge on any atom is -0.507 e. The van der Waals surface area contributed by atoms with Crippen molar-refractivity contribution >= 4 is 24.1 Å². The average Bonchev–Trinajstić information content (AvgIpc) is 2.46. The summed E-state index contributed by atoms with van der Waals surface area (Å²) in [6.07, 6.45) is 1.03. The highest BCUT2D eigenvalue weighted by Crippen LogP contribution is 2.32. The number of phenolic OH excluding ortho intramolecular Hbond substituents is 2. The van der Waals surface area contributed by atoms with Gasteiger partial charge in [0, 0.05) is 23.1 Å². The minimum atomic E-state index is -0.811. The molecule has 0 saturated heterocycles. The average molecular weight is 365 g/mol. The molecule has 0 amide bonds. The number of nitro groups is 1. The van der Waals surface area contributed by atoms with Crippen LogP contribution in [-0.4, -0.2) is 36.2 Å². The molecule has 0 saturated carbocycles. The van der Waals surface area contributed by atoms with Crippen LogP contribution in [0.4, 0.5) is 5.69 Å². The largest absolute Gasteiger partial charge is 0.507 e. The number of aromatic hydroxyl groups is 2. The number of nitrogens with zero attached hydrogens (tertiary/aromatic N) is 4. The number of aromatic nitrogens is 3. The molecular weight excluding hydrogens is 350 g/mol. The Hall–Kier alpha value is -3.08. The molecule has 0 aliphatic heterocycles. The molecule has 11 heteroatoms. The number of phenols is 2. The molecule has 1 aromatic heterocycles. The first-order valence-corrected chi connectivity index (χ1v) is 7.40. The van der Waals surface area contributed by atoms with Gasteiger partial charge in [0.2, 0.25) is 4.77 Å². The Kier molecular flexibility index (Phi) is 4.70. The first-order chi connectivity index (χ1) is 11.5. The Balaban J connectivity index is 2.58. The predicted octanol–water partition coefficient (Wildman–Crippen LogP) is 1.80. The van der Waals surface area contributed by atoms with Crippen molar-refractivity contribution in [2.24, 2.45) is 5.10 Å². The zero-order valence-electron chi connectivity index (χ0n) is 13.5. The minimum absolute atomic E-state index is 0.0695. The first-order valence-electron chi connectivity index (χ1n) is 6.99. The van der Waals surface area contributed by atoms with Gasteiger partial charge in [0.25, 0.3) is 5.56 Å². The summed E-state index contributed by atoms with van der Waals surface area (Å²) >= 11 is 4.98. The molecule has 0 atom stereocenters. The predicted molar refractivity (Wildman–Crippen MR) is 91.8 cm³/mol. The second-order valence-electron chi connectivity index (χ2n) is 6.15. The molecule has 3 N–H and O–H groups in total. The highest BCUT2D eigenvalue weighted by molar-refractivity contribution is 7.71. The third kappa shape index (κ3) is 3.71. The lowest BCUT2D eigenvalue weighted by Crippen LogP contribution is -2.32. The number of nitrogens with one attached hydrogen (secondary N) is 1. The maximum Gasteiger partial charge on any atom is 0.311 e. The van der Waals surface area contributed by atoms with Crippen LogP contribution in [0.3, 0.4) is 0 Å². The van der Waals surface area contributed by atoms with E-state index in [0.29, 0.717) is 0 Å². The number of aromatic amines is 1. The molecule has 0 radical (unpaired) electrons. The van der Waals surface area contributed by atoms with Crippen molar-refractivity contribution in [1.29, 1.82) is 0 Å². The third-order valence-electron chi connectivity index (χ3n) is 3.19. The van der Waals surface area contributed by atoms with Crippen molar-refractivity contribution < 1.29 is 15.1 Å². The quantitative estimate of drug-likeness (QED) is 0.325. The molecule has 1 aromatic carbocycles. The molecule has 25 heavy (non-hydrogen) atoms. The number of benzene rings is 1. The Morgan fingerprint density at radius 1 is 1.36 bits per heavy atom. The fourth-order valence-electron chi connectivity index (χ4n) is 1.94. The van der Waals surface area contributed by atoms with Crippen LogP contribution in [-0.2, 0) is 5.41 Å². The number of hydrogen-bond donors (Lipinski definition) is 3. The molecule has 1 heterocycles. The first kappa shape index (κ1) is 18.3. The van der Waals surface area contributed by atoms with Crippen LogP contribution < -0.4 is 5.56 Å². The number of hydrogen-bond acceptors (Lipinski definition) is 8. The van der Waals surface area contributed by atoms with Crippen LogP contribution in [0.15, 0.2) is 22.0 Å². The van der Waals surface area contributed by atoms with Gasteiger partial charge < -0.3 is 10.2 Å². The molecule has 2 rings (SSSR count). The number of rotatable bonds is 3. The lowest BCUT2D eigenvalue weighted by molar-refractivity contribution is -0.385. The van der Waals surface area contributed by atoms with E-state index in [1.54, 1.807) is 20.8 Å². The molecule has 132 valence electrons. The summed E-state index contributed by atoms with van der Waals surface area (Å²) in [5, 5.41) is 40.4. The van der Waals surface area contributed by atoms with E-state index >= 15 is 0 Å². The maximum atomic E-state index is 12.5. The van der Waals surface area contributed by atoms with Gasteiger partial charge in [0.05, 0.1) is 11.1 Å². The summed E-state index contributed by atoms with van der Waals surface area (Å²) < 4.78 is 0.781. The molecule has 2 aromatic rings. The van der Waals surface area contributed by atoms with Crippen molar-refractivity contribution in [3.63, 3.8) is 0 Å². The summed E-state index contributed by atoms with van der Waals surface area (Å²) in [6, 6.07) is 1.74. The Bertz CT molecular complexity index is 987. The second kappa shape index (κ2) is 6.43. The lowest BCUT2D eigenvalue weighted by Gasteiger charge is -2.16. The van der Waals surface area contributed by atoms with Gasteiger partial charge in [-0.2, -0.15) is 14.9 Å². The summed E-state index contributed by atoms with van der Waals surface area (Å²) in [4.78, 5) is 22.5. The fourth-order valence-corrected chi connectivity index (χ4v) is 2.11. The fraction of sp³-hybridized carbons (Fsp3) is 0.286. The summed E-state index contributed by atoms with van der Waals surface area (Å²) in [5.74, 6) is -1.13. The third-order valence-corrected chi connectivity index (χ3v) is 3.46.